The van der Waals surface area contributed by atoms with E-state index in [-0.39, 0.29) is 0 Å². The van der Waals surface area contributed by atoms with Crippen LogP contribution in [0.4, 0.5) is 14.9 Å². The van der Waals surface area contributed by atoms with Crippen molar-refractivity contribution < 1.29 is 19.1 Å². The summed E-state index contributed by atoms with van der Waals surface area (Å²) < 4.78 is 13.3. The van der Waals surface area contributed by atoms with Crippen molar-refractivity contribution in [1.29, 1.82) is 0 Å². The number of amides is 2. The smallest absolute Gasteiger partial charge is 0.326 e. The highest BCUT2D eigenvalue weighted by Gasteiger charge is 2.19. The van der Waals surface area contributed by atoms with Crippen LogP contribution in [0.25, 0.3) is 0 Å². The molecule has 1 aromatic rings. The number of benzene rings is 1. The van der Waals surface area contributed by atoms with Crippen molar-refractivity contribution in [2.45, 2.75) is 19.4 Å². The van der Waals surface area contributed by atoms with Crippen molar-refractivity contribution >= 4 is 29.4 Å². The third-order valence-corrected chi connectivity index (χ3v) is 3.37. The summed E-state index contributed by atoms with van der Waals surface area (Å²) in [5.41, 5.74) is 0.621. The third-order valence-electron chi connectivity index (χ3n) is 2.73. The molecule has 5 nitrogen and oxygen atoms in total. The van der Waals surface area contributed by atoms with E-state index in [2.05, 4.69) is 10.6 Å². The molecule has 2 amide bonds. The number of aliphatic carboxylic acids is 1. The maximum Gasteiger partial charge on any atom is 0.326 e. The summed E-state index contributed by atoms with van der Waals surface area (Å²) in [7, 11) is 0. The number of halogens is 1. The van der Waals surface area contributed by atoms with Crippen molar-refractivity contribution in [1.82, 2.24) is 5.32 Å². The minimum Gasteiger partial charge on any atom is -0.480 e. The number of urea groups is 1. The fourth-order valence-corrected chi connectivity index (χ4v) is 2.02. The average Bonchev–Trinajstić information content (AvgIpc) is 2.39. The molecule has 0 fully saturated rings. The zero-order valence-electron chi connectivity index (χ0n) is 11.3. The van der Waals surface area contributed by atoms with Gasteiger partial charge in [0.2, 0.25) is 0 Å². The number of carbonyl (C=O) groups excluding carboxylic acids is 1. The van der Waals surface area contributed by atoms with Gasteiger partial charge in [-0.15, -0.1) is 0 Å². The molecule has 110 valence electrons. The molecule has 0 aliphatic carbocycles. The van der Waals surface area contributed by atoms with Crippen LogP contribution in [0.3, 0.4) is 0 Å². The van der Waals surface area contributed by atoms with Gasteiger partial charge in [-0.1, -0.05) is 6.07 Å². The van der Waals surface area contributed by atoms with Gasteiger partial charge in [0.15, 0.2) is 0 Å². The molecule has 3 N–H and O–H groups in total. The van der Waals surface area contributed by atoms with Gasteiger partial charge in [0.1, 0.15) is 11.9 Å². The molecule has 20 heavy (non-hydrogen) atoms. The van der Waals surface area contributed by atoms with Gasteiger partial charge in [0, 0.05) is 11.3 Å². The lowest BCUT2D eigenvalue weighted by Crippen LogP contribution is -2.43. The molecular weight excluding hydrogens is 283 g/mol. The van der Waals surface area contributed by atoms with E-state index in [0.29, 0.717) is 23.4 Å². The van der Waals surface area contributed by atoms with E-state index in [1.54, 1.807) is 6.07 Å². The molecular formula is C13H17FN2O3S. The SMILES string of the molecule is CSCC[C@@H](NC(=O)Nc1cccc(F)c1C)C(=O)O. The zero-order valence-corrected chi connectivity index (χ0v) is 12.1. The van der Waals surface area contributed by atoms with Crippen molar-refractivity contribution in [3.8, 4) is 0 Å². The van der Waals surface area contributed by atoms with E-state index in [1.165, 1.54) is 30.8 Å². The summed E-state index contributed by atoms with van der Waals surface area (Å²) in [5, 5.41) is 13.8. The lowest BCUT2D eigenvalue weighted by molar-refractivity contribution is -0.139. The second kappa shape index (κ2) is 7.74. The van der Waals surface area contributed by atoms with Crippen LogP contribution in [0, 0.1) is 12.7 Å². The molecule has 0 aliphatic rings. The van der Waals surface area contributed by atoms with E-state index in [0.717, 1.165) is 0 Å². The van der Waals surface area contributed by atoms with Gasteiger partial charge in [-0.05, 0) is 37.5 Å². The molecule has 1 rings (SSSR count). The Balaban J connectivity index is 2.66. The summed E-state index contributed by atoms with van der Waals surface area (Å²) in [6.45, 7) is 1.54. The van der Waals surface area contributed by atoms with Crippen LogP contribution in [0.15, 0.2) is 18.2 Å². The number of hydrogen-bond donors (Lipinski definition) is 3. The van der Waals surface area contributed by atoms with Gasteiger partial charge >= 0.3 is 12.0 Å². The number of hydrogen-bond acceptors (Lipinski definition) is 3. The highest BCUT2D eigenvalue weighted by Crippen LogP contribution is 2.17. The van der Waals surface area contributed by atoms with Crippen LogP contribution in [0.1, 0.15) is 12.0 Å². The monoisotopic (exact) mass is 300 g/mol. The molecule has 0 spiro atoms. The Morgan fingerprint density at radius 3 is 2.75 bits per heavy atom. The number of anilines is 1. The Labute approximate surface area is 120 Å². The Kier molecular flexibility index (Phi) is 6.30. The molecule has 0 aliphatic heterocycles. The van der Waals surface area contributed by atoms with Gasteiger partial charge in [0.05, 0.1) is 0 Å². The second-order valence-corrected chi connectivity index (χ2v) is 5.17. The number of thioether (sulfide) groups is 1. The van der Waals surface area contributed by atoms with Crippen LogP contribution in [-0.2, 0) is 4.79 Å². The highest BCUT2D eigenvalue weighted by atomic mass is 32.2. The standard InChI is InChI=1S/C13H17FN2O3S/c1-8-9(14)4-3-5-10(8)15-13(19)16-11(12(17)18)6-7-20-2/h3-5,11H,6-7H2,1-2H3,(H,17,18)(H2,15,16,19)/t11-/m1/s1. The van der Waals surface area contributed by atoms with Crippen LogP contribution in [0.2, 0.25) is 0 Å². The second-order valence-electron chi connectivity index (χ2n) is 4.18. The maximum absolute atomic E-state index is 13.3. The molecule has 7 heteroatoms. The van der Waals surface area contributed by atoms with Gasteiger partial charge in [-0.3, -0.25) is 0 Å². The molecule has 0 heterocycles. The fourth-order valence-electron chi connectivity index (χ4n) is 1.55. The van der Waals surface area contributed by atoms with E-state index < -0.39 is 23.9 Å². The quantitative estimate of drug-likeness (QED) is 0.754. The van der Waals surface area contributed by atoms with Crippen molar-refractivity contribution in [2.24, 2.45) is 0 Å². The van der Waals surface area contributed by atoms with E-state index >= 15 is 0 Å². The Morgan fingerprint density at radius 1 is 1.45 bits per heavy atom. The van der Waals surface area contributed by atoms with Crippen LogP contribution in [-0.4, -0.2) is 35.2 Å². The Morgan fingerprint density at radius 2 is 2.15 bits per heavy atom. The Hall–Kier alpha value is -1.76. The predicted octanol–water partition coefficient (Wildman–Crippen LogP) is 2.46. The number of rotatable bonds is 6. The largest absolute Gasteiger partial charge is 0.480 e. The summed E-state index contributed by atoms with van der Waals surface area (Å²) in [5.74, 6) is -0.902. The number of nitrogens with one attached hydrogen (secondary N) is 2. The first kappa shape index (κ1) is 16.3. The molecule has 1 aromatic carbocycles. The molecule has 0 aromatic heterocycles. The molecule has 0 saturated heterocycles. The van der Waals surface area contributed by atoms with E-state index in [1.807, 2.05) is 6.26 Å². The average molecular weight is 300 g/mol. The minimum atomic E-state index is -1.09. The highest BCUT2D eigenvalue weighted by molar-refractivity contribution is 7.98. The normalized spacial score (nSPS) is 11.8. The molecule has 0 radical (unpaired) electrons. The van der Waals surface area contributed by atoms with E-state index in [9.17, 15) is 14.0 Å². The molecule has 0 saturated carbocycles. The van der Waals surface area contributed by atoms with Crippen molar-refractivity contribution in [2.75, 3.05) is 17.3 Å². The van der Waals surface area contributed by atoms with Crippen LogP contribution in [0.5, 0.6) is 0 Å². The minimum absolute atomic E-state index is 0.304. The summed E-state index contributed by atoms with van der Waals surface area (Å²) in [6.07, 6.45) is 2.18. The topological polar surface area (TPSA) is 78.4 Å². The fraction of sp³-hybridized carbons (Fsp3) is 0.385. The predicted molar refractivity (Wildman–Crippen MR) is 77.7 cm³/mol. The van der Waals surface area contributed by atoms with Gasteiger partial charge in [-0.2, -0.15) is 11.8 Å². The van der Waals surface area contributed by atoms with Crippen LogP contribution < -0.4 is 10.6 Å². The van der Waals surface area contributed by atoms with E-state index in [4.69, 9.17) is 5.11 Å². The van der Waals surface area contributed by atoms with Gasteiger partial charge in [-0.25, -0.2) is 14.0 Å². The lowest BCUT2D eigenvalue weighted by Gasteiger charge is -2.15. The molecule has 0 bridgehead atoms. The first-order valence-corrected chi connectivity index (χ1v) is 7.39. The first-order chi connectivity index (χ1) is 9.45. The van der Waals surface area contributed by atoms with Crippen LogP contribution >= 0.6 is 11.8 Å². The summed E-state index contributed by atoms with van der Waals surface area (Å²) in [6, 6.07) is 2.69. The third kappa shape index (κ3) is 4.73. The van der Waals surface area contributed by atoms with Gasteiger partial charge in [0.25, 0.3) is 0 Å². The summed E-state index contributed by atoms with van der Waals surface area (Å²) >= 11 is 1.50. The molecule has 1 atom stereocenters. The molecule has 0 unspecified atom stereocenters. The van der Waals surface area contributed by atoms with Crippen molar-refractivity contribution in [3.05, 3.63) is 29.6 Å². The first-order valence-electron chi connectivity index (χ1n) is 6.00. The zero-order chi connectivity index (χ0) is 15.1. The lowest BCUT2D eigenvalue weighted by atomic mass is 10.2. The summed E-state index contributed by atoms with van der Waals surface area (Å²) in [4.78, 5) is 22.7. The number of carboxylic acids is 1. The van der Waals surface area contributed by atoms with Gasteiger partial charge < -0.3 is 15.7 Å². The van der Waals surface area contributed by atoms with Crippen molar-refractivity contribution in [3.63, 3.8) is 0 Å². The number of carboxylic acid groups (broad SMARTS) is 1. The maximum atomic E-state index is 13.3. The number of carbonyl (C=O) groups is 2. The Bertz CT molecular complexity index is 497.